The maximum Gasteiger partial charge on any atom is 0.410 e. The number of nitrogens with zero attached hydrogens (tertiary/aromatic N) is 2. The number of carbonyl (C=O) groups is 2. The van der Waals surface area contributed by atoms with Crippen LogP contribution < -0.4 is 20.1 Å². The van der Waals surface area contributed by atoms with E-state index in [1.165, 1.54) is 0 Å². The van der Waals surface area contributed by atoms with Crippen molar-refractivity contribution in [1.82, 2.24) is 4.90 Å². The van der Waals surface area contributed by atoms with Gasteiger partial charge in [-0.15, -0.1) is 0 Å². The Kier molecular flexibility index (Phi) is 6.90. The molecule has 38 heavy (non-hydrogen) atoms. The van der Waals surface area contributed by atoms with Crippen molar-refractivity contribution in [3.63, 3.8) is 0 Å². The summed E-state index contributed by atoms with van der Waals surface area (Å²) in [7, 11) is 1.63. The average molecular weight is 524 g/mol. The van der Waals surface area contributed by atoms with E-state index >= 15 is 0 Å². The molecule has 1 aliphatic carbocycles. The molecule has 3 aliphatic rings. The molecule has 2 amide bonds. The molecule has 2 heterocycles. The Labute approximate surface area is 223 Å². The molecule has 1 saturated heterocycles. The summed E-state index contributed by atoms with van der Waals surface area (Å²) < 4.78 is 23.0. The minimum atomic E-state index is -0.569. The van der Waals surface area contributed by atoms with E-state index in [-0.39, 0.29) is 24.7 Å². The first-order chi connectivity index (χ1) is 18.1. The fourth-order valence-corrected chi connectivity index (χ4v) is 5.43. The van der Waals surface area contributed by atoms with E-state index in [1.54, 1.807) is 18.1 Å². The van der Waals surface area contributed by atoms with Crippen LogP contribution in [0, 0.1) is 0 Å². The van der Waals surface area contributed by atoms with Gasteiger partial charge in [-0.3, -0.25) is 4.79 Å². The summed E-state index contributed by atoms with van der Waals surface area (Å²) >= 11 is 0. The van der Waals surface area contributed by atoms with Crippen molar-refractivity contribution in [2.75, 3.05) is 44.0 Å². The maximum absolute atomic E-state index is 13.8. The van der Waals surface area contributed by atoms with Gasteiger partial charge in [0.15, 0.2) is 0 Å². The number of ether oxygens (including phenoxy) is 4. The van der Waals surface area contributed by atoms with Crippen molar-refractivity contribution in [3.8, 4) is 11.5 Å². The van der Waals surface area contributed by atoms with Gasteiger partial charge in [-0.25, -0.2) is 4.79 Å². The summed E-state index contributed by atoms with van der Waals surface area (Å²) in [5, 5.41) is 0. The van der Waals surface area contributed by atoms with Crippen molar-refractivity contribution in [3.05, 3.63) is 47.5 Å². The Bertz CT molecular complexity index is 1200. The number of fused-ring (bicyclic) bond motifs is 2. The fourth-order valence-electron chi connectivity index (χ4n) is 5.43. The molecular formula is C29H37N3O6. The van der Waals surface area contributed by atoms with Gasteiger partial charge >= 0.3 is 6.09 Å². The number of nitrogens with two attached hydrogens (primary N) is 1. The summed E-state index contributed by atoms with van der Waals surface area (Å²) in [5.41, 5.74) is 8.48. The van der Waals surface area contributed by atoms with E-state index in [0.29, 0.717) is 37.7 Å². The second kappa shape index (κ2) is 10.0. The number of benzene rings is 2. The normalized spacial score (nSPS) is 20.2. The van der Waals surface area contributed by atoms with Crippen LogP contribution in [-0.2, 0) is 26.2 Å². The molecular weight excluding hydrogens is 486 g/mol. The second-order valence-corrected chi connectivity index (χ2v) is 11.3. The van der Waals surface area contributed by atoms with Crippen molar-refractivity contribution in [2.45, 2.75) is 63.7 Å². The first kappa shape index (κ1) is 26.2. The monoisotopic (exact) mass is 523 g/mol. The number of rotatable bonds is 6. The highest BCUT2D eigenvalue weighted by molar-refractivity contribution is 6.10. The molecule has 1 atom stereocenters. The lowest BCUT2D eigenvalue weighted by Crippen LogP contribution is -2.49. The topological polar surface area (TPSA) is 104 Å². The van der Waals surface area contributed by atoms with Crippen LogP contribution in [0.2, 0.25) is 0 Å². The molecule has 2 N–H and O–H groups in total. The number of methoxy groups -OCH3 is 1. The quantitative estimate of drug-likeness (QED) is 0.564. The third kappa shape index (κ3) is 4.99. The zero-order valence-corrected chi connectivity index (χ0v) is 22.6. The van der Waals surface area contributed by atoms with Crippen LogP contribution in [0.25, 0.3) is 0 Å². The van der Waals surface area contributed by atoms with Gasteiger partial charge in [0.25, 0.3) is 0 Å². The molecule has 1 saturated carbocycles. The highest BCUT2D eigenvalue weighted by Gasteiger charge is 2.55. The molecule has 9 nitrogen and oxygen atoms in total. The lowest BCUT2D eigenvalue weighted by molar-refractivity contribution is -0.126. The molecule has 204 valence electrons. The predicted octanol–water partition coefficient (Wildman–Crippen LogP) is 4.26. The number of carbonyl (C=O) groups excluding carboxylic acids is 2. The zero-order valence-electron chi connectivity index (χ0n) is 22.6. The van der Waals surface area contributed by atoms with Gasteiger partial charge in [-0.2, -0.15) is 0 Å². The summed E-state index contributed by atoms with van der Waals surface area (Å²) in [6, 6.07) is 11.4. The Balaban J connectivity index is 1.37. The van der Waals surface area contributed by atoms with Crippen LogP contribution in [-0.4, -0.2) is 62.0 Å². The van der Waals surface area contributed by atoms with Gasteiger partial charge in [0, 0.05) is 18.3 Å². The van der Waals surface area contributed by atoms with Crippen LogP contribution >= 0.6 is 0 Å². The summed E-state index contributed by atoms with van der Waals surface area (Å²) in [6.45, 7) is 7.40. The molecule has 0 aromatic heterocycles. The van der Waals surface area contributed by atoms with E-state index in [9.17, 15) is 9.59 Å². The third-order valence-corrected chi connectivity index (χ3v) is 7.46. The molecule has 2 aromatic carbocycles. The van der Waals surface area contributed by atoms with Crippen molar-refractivity contribution in [2.24, 2.45) is 0 Å². The molecule has 1 spiro atoms. The number of nitrogen functional groups attached to an aromatic ring is 1. The Hall–Kier alpha value is -3.46. The van der Waals surface area contributed by atoms with Crippen molar-refractivity contribution < 1.29 is 28.5 Å². The average Bonchev–Trinajstić information content (AvgIpc) is 3.09. The van der Waals surface area contributed by atoms with Crippen LogP contribution in [0.5, 0.6) is 11.5 Å². The minimum Gasteiger partial charge on any atom is -0.497 e. The van der Waals surface area contributed by atoms with Crippen LogP contribution in [0.15, 0.2) is 36.4 Å². The highest BCUT2D eigenvalue weighted by Crippen LogP contribution is 2.57. The predicted molar refractivity (Wildman–Crippen MR) is 144 cm³/mol. The van der Waals surface area contributed by atoms with E-state index < -0.39 is 11.0 Å². The lowest BCUT2D eigenvalue weighted by atomic mass is 9.65. The zero-order chi connectivity index (χ0) is 27.1. The first-order valence-corrected chi connectivity index (χ1v) is 13.2. The van der Waals surface area contributed by atoms with Gasteiger partial charge in [0.2, 0.25) is 5.91 Å². The summed E-state index contributed by atoms with van der Waals surface area (Å²) in [5.74, 6) is 1.42. The summed E-state index contributed by atoms with van der Waals surface area (Å²) in [6.07, 6.45) is 1.91. The largest absolute Gasteiger partial charge is 0.497 e. The molecule has 1 unspecified atom stereocenters. The highest BCUT2D eigenvalue weighted by atomic mass is 16.6. The number of morpholine rings is 1. The van der Waals surface area contributed by atoms with Gasteiger partial charge < -0.3 is 34.5 Å². The standard InChI is InChI=1S/C29H37N3O6/c1-28(2,3)38-27(34)31-12-13-36-22(17-31)18-37-24-15-20(30)14-23-25(24)32(26(33)29(23)10-5-11-29)16-19-6-8-21(35-4)9-7-19/h6-9,14-15,22H,5,10-13,16-18,30H2,1-4H3. The number of hydrogen-bond donors (Lipinski definition) is 1. The van der Waals surface area contributed by atoms with Crippen LogP contribution in [0.1, 0.15) is 51.2 Å². The smallest absolute Gasteiger partial charge is 0.410 e. The molecule has 0 radical (unpaired) electrons. The number of anilines is 2. The second-order valence-electron chi connectivity index (χ2n) is 11.3. The molecule has 2 aliphatic heterocycles. The number of hydrogen-bond acceptors (Lipinski definition) is 7. The minimum absolute atomic E-state index is 0.0926. The summed E-state index contributed by atoms with van der Waals surface area (Å²) in [4.78, 5) is 29.9. The third-order valence-electron chi connectivity index (χ3n) is 7.46. The first-order valence-electron chi connectivity index (χ1n) is 13.2. The van der Waals surface area contributed by atoms with E-state index in [4.69, 9.17) is 24.7 Å². The van der Waals surface area contributed by atoms with E-state index in [1.807, 2.05) is 56.0 Å². The lowest BCUT2D eigenvalue weighted by Gasteiger charge is -2.37. The fraction of sp³-hybridized carbons (Fsp3) is 0.517. The molecule has 0 bridgehead atoms. The molecule has 2 fully saturated rings. The number of amides is 2. The molecule has 9 heteroatoms. The Morgan fingerprint density at radius 2 is 1.92 bits per heavy atom. The van der Waals surface area contributed by atoms with Crippen molar-refractivity contribution in [1.29, 1.82) is 0 Å². The van der Waals surface area contributed by atoms with Crippen LogP contribution in [0.4, 0.5) is 16.2 Å². The molecule has 2 aromatic rings. The SMILES string of the molecule is COc1ccc(CN2C(=O)C3(CCC3)c3cc(N)cc(OCC4CN(C(=O)OC(C)(C)C)CCO4)c32)cc1. The van der Waals surface area contributed by atoms with Gasteiger partial charge in [0.05, 0.1) is 37.9 Å². The van der Waals surface area contributed by atoms with Crippen LogP contribution in [0.3, 0.4) is 0 Å². The maximum atomic E-state index is 13.8. The van der Waals surface area contributed by atoms with E-state index in [0.717, 1.165) is 41.8 Å². The van der Waals surface area contributed by atoms with Gasteiger partial charge in [-0.1, -0.05) is 18.6 Å². The van der Waals surface area contributed by atoms with E-state index in [2.05, 4.69) is 0 Å². The van der Waals surface area contributed by atoms with Gasteiger partial charge in [0.1, 0.15) is 29.8 Å². The Morgan fingerprint density at radius 1 is 1.18 bits per heavy atom. The Morgan fingerprint density at radius 3 is 2.55 bits per heavy atom. The van der Waals surface area contributed by atoms with Gasteiger partial charge in [-0.05, 0) is 62.9 Å². The molecule has 5 rings (SSSR count). The van der Waals surface area contributed by atoms with Crippen molar-refractivity contribution >= 4 is 23.4 Å².